The molecule has 0 bridgehead atoms. The topological polar surface area (TPSA) is 52.6 Å². The van der Waals surface area contributed by atoms with E-state index in [2.05, 4.69) is 10.2 Å². The van der Waals surface area contributed by atoms with Crippen LogP contribution >= 0.6 is 11.3 Å². The van der Waals surface area contributed by atoms with Crippen LogP contribution in [-0.4, -0.2) is 41.1 Å². The zero-order valence-electron chi connectivity index (χ0n) is 10.3. The van der Waals surface area contributed by atoms with E-state index in [9.17, 15) is 4.79 Å². The van der Waals surface area contributed by atoms with E-state index < -0.39 is 5.97 Å². The number of hydrogen-bond donors (Lipinski definition) is 2. The average Bonchev–Trinajstić information content (AvgIpc) is 3.03. The number of nitrogens with one attached hydrogen (secondary N) is 1. The molecule has 1 aromatic rings. The highest BCUT2D eigenvalue weighted by Crippen LogP contribution is 2.28. The second-order valence-corrected chi connectivity index (χ2v) is 6.26. The first kappa shape index (κ1) is 12.1. The standard InChI is InChI=1S/C13H18N2O2S/c16-13(17)12-4-3-9(18-12)8-14-10-5-7-15-6-1-2-11(10)15/h3-4,10-11,14H,1-2,5-8H2,(H,16,17). The number of carboxylic acid groups (broad SMARTS) is 1. The zero-order chi connectivity index (χ0) is 12.5. The molecule has 3 heterocycles. The summed E-state index contributed by atoms with van der Waals surface area (Å²) in [5.74, 6) is -0.825. The summed E-state index contributed by atoms with van der Waals surface area (Å²) in [6, 6.07) is 4.91. The summed E-state index contributed by atoms with van der Waals surface area (Å²) >= 11 is 1.37. The molecular formula is C13H18N2O2S. The van der Waals surface area contributed by atoms with Crippen LogP contribution in [0, 0.1) is 0 Å². The molecular weight excluding hydrogens is 248 g/mol. The van der Waals surface area contributed by atoms with Gasteiger partial charge in [0.1, 0.15) is 4.88 Å². The molecule has 0 radical (unpaired) electrons. The Labute approximate surface area is 111 Å². The van der Waals surface area contributed by atoms with Gasteiger partial charge in [-0.05, 0) is 37.9 Å². The Morgan fingerprint density at radius 3 is 3.11 bits per heavy atom. The van der Waals surface area contributed by atoms with Crippen molar-refractivity contribution in [1.29, 1.82) is 0 Å². The normalized spacial score (nSPS) is 27.6. The maximum Gasteiger partial charge on any atom is 0.345 e. The lowest BCUT2D eigenvalue weighted by Crippen LogP contribution is -2.38. The third-order valence-corrected chi connectivity index (χ3v) is 5.09. The Bertz CT molecular complexity index is 446. The Morgan fingerprint density at radius 2 is 2.33 bits per heavy atom. The van der Waals surface area contributed by atoms with Crippen molar-refractivity contribution < 1.29 is 9.90 Å². The molecule has 0 aliphatic carbocycles. The van der Waals surface area contributed by atoms with Crippen LogP contribution in [0.2, 0.25) is 0 Å². The minimum absolute atomic E-state index is 0.431. The van der Waals surface area contributed by atoms with Gasteiger partial charge in [0.15, 0.2) is 0 Å². The monoisotopic (exact) mass is 266 g/mol. The molecule has 18 heavy (non-hydrogen) atoms. The molecule has 2 unspecified atom stereocenters. The van der Waals surface area contributed by atoms with Crippen LogP contribution in [0.25, 0.3) is 0 Å². The fourth-order valence-electron chi connectivity index (χ4n) is 3.14. The lowest BCUT2D eigenvalue weighted by Gasteiger charge is -2.20. The summed E-state index contributed by atoms with van der Waals surface area (Å²) in [5.41, 5.74) is 0. The number of aromatic carboxylic acids is 1. The van der Waals surface area contributed by atoms with Gasteiger partial charge in [-0.1, -0.05) is 0 Å². The molecule has 0 amide bonds. The minimum Gasteiger partial charge on any atom is -0.477 e. The predicted molar refractivity (Wildman–Crippen MR) is 71.1 cm³/mol. The van der Waals surface area contributed by atoms with Crippen LogP contribution in [0.1, 0.15) is 33.8 Å². The summed E-state index contributed by atoms with van der Waals surface area (Å²) in [4.78, 5) is 14.9. The van der Waals surface area contributed by atoms with Crippen molar-refractivity contribution in [3.8, 4) is 0 Å². The molecule has 5 heteroatoms. The van der Waals surface area contributed by atoms with Crippen LogP contribution in [0.5, 0.6) is 0 Å². The highest BCUT2D eigenvalue weighted by molar-refractivity contribution is 7.13. The van der Waals surface area contributed by atoms with E-state index in [4.69, 9.17) is 5.11 Å². The van der Waals surface area contributed by atoms with Crippen molar-refractivity contribution in [2.45, 2.75) is 37.9 Å². The minimum atomic E-state index is -0.825. The smallest absolute Gasteiger partial charge is 0.345 e. The highest BCUT2D eigenvalue weighted by atomic mass is 32.1. The summed E-state index contributed by atoms with van der Waals surface area (Å²) in [6.45, 7) is 3.27. The Balaban J connectivity index is 1.56. The number of carboxylic acids is 1. The molecule has 2 aliphatic heterocycles. The van der Waals surface area contributed by atoms with E-state index >= 15 is 0 Å². The maximum atomic E-state index is 10.8. The van der Waals surface area contributed by atoms with Gasteiger partial charge in [0.25, 0.3) is 0 Å². The second-order valence-electron chi connectivity index (χ2n) is 5.09. The van der Waals surface area contributed by atoms with Gasteiger partial charge in [0.05, 0.1) is 0 Å². The van der Waals surface area contributed by atoms with E-state index in [1.807, 2.05) is 6.07 Å². The van der Waals surface area contributed by atoms with Crippen molar-refractivity contribution in [1.82, 2.24) is 10.2 Å². The first-order chi connectivity index (χ1) is 8.74. The van der Waals surface area contributed by atoms with Gasteiger partial charge in [0.2, 0.25) is 0 Å². The fraction of sp³-hybridized carbons (Fsp3) is 0.615. The van der Waals surface area contributed by atoms with Crippen LogP contribution in [0.15, 0.2) is 12.1 Å². The molecule has 3 rings (SSSR count). The van der Waals surface area contributed by atoms with Crippen molar-refractivity contribution in [2.24, 2.45) is 0 Å². The van der Waals surface area contributed by atoms with Gasteiger partial charge in [-0.15, -0.1) is 11.3 Å². The third kappa shape index (κ3) is 2.30. The summed E-state index contributed by atoms with van der Waals surface area (Å²) < 4.78 is 0. The first-order valence-corrected chi connectivity index (χ1v) is 7.35. The van der Waals surface area contributed by atoms with E-state index in [0.717, 1.165) is 11.4 Å². The predicted octanol–water partition coefficient (Wildman–Crippen LogP) is 1.77. The van der Waals surface area contributed by atoms with Crippen molar-refractivity contribution in [2.75, 3.05) is 13.1 Å². The molecule has 2 N–H and O–H groups in total. The van der Waals surface area contributed by atoms with E-state index in [1.165, 1.54) is 43.7 Å². The highest BCUT2D eigenvalue weighted by Gasteiger charge is 2.36. The van der Waals surface area contributed by atoms with Crippen molar-refractivity contribution in [3.05, 3.63) is 21.9 Å². The molecule has 98 valence electrons. The summed E-state index contributed by atoms with van der Waals surface area (Å²) in [6.07, 6.45) is 3.86. The molecule has 1 aromatic heterocycles. The summed E-state index contributed by atoms with van der Waals surface area (Å²) in [7, 11) is 0. The molecule has 4 nitrogen and oxygen atoms in total. The molecule has 2 aliphatic rings. The maximum absolute atomic E-state index is 10.8. The summed E-state index contributed by atoms with van der Waals surface area (Å²) in [5, 5.41) is 12.5. The quantitative estimate of drug-likeness (QED) is 0.872. The number of rotatable bonds is 4. The molecule has 0 aromatic carbocycles. The van der Waals surface area contributed by atoms with Gasteiger partial charge >= 0.3 is 5.97 Å². The average molecular weight is 266 g/mol. The SMILES string of the molecule is O=C(O)c1ccc(CNC2CCN3CCCC23)s1. The Hall–Kier alpha value is -0.910. The lowest BCUT2D eigenvalue weighted by molar-refractivity contribution is 0.0702. The molecule has 0 spiro atoms. The van der Waals surface area contributed by atoms with E-state index in [0.29, 0.717) is 17.0 Å². The van der Waals surface area contributed by atoms with E-state index in [1.54, 1.807) is 6.07 Å². The molecule has 2 saturated heterocycles. The van der Waals surface area contributed by atoms with Gasteiger partial charge in [-0.25, -0.2) is 4.79 Å². The van der Waals surface area contributed by atoms with Crippen molar-refractivity contribution >= 4 is 17.3 Å². The number of thiophene rings is 1. The van der Waals surface area contributed by atoms with Gasteiger partial charge in [-0.2, -0.15) is 0 Å². The second kappa shape index (κ2) is 4.99. The van der Waals surface area contributed by atoms with Crippen molar-refractivity contribution in [3.63, 3.8) is 0 Å². The molecule has 2 fully saturated rings. The zero-order valence-corrected chi connectivity index (χ0v) is 11.1. The van der Waals surface area contributed by atoms with E-state index in [-0.39, 0.29) is 0 Å². The number of hydrogen-bond acceptors (Lipinski definition) is 4. The first-order valence-electron chi connectivity index (χ1n) is 6.53. The van der Waals surface area contributed by atoms with Crippen LogP contribution in [0.4, 0.5) is 0 Å². The van der Waals surface area contributed by atoms with Crippen LogP contribution < -0.4 is 5.32 Å². The number of nitrogens with zero attached hydrogens (tertiary/aromatic N) is 1. The fourth-order valence-corrected chi connectivity index (χ4v) is 3.94. The Morgan fingerprint density at radius 1 is 1.44 bits per heavy atom. The van der Waals surface area contributed by atoms with Gasteiger partial charge < -0.3 is 10.4 Å². The third-order valence-electron chi connectivity index (χ3n) is 4.02. The number of fused-ring (bicyclic) bond motifs is 1. The molecule has 0 saturated carbocycles. The van der Waals surface area contributed by atoms with Gasteiger partial charge in [-0.3, -0.25) is 4.90 Å². The molecule has 2 atom stereocenters. The Kier molecular flexibility index (Phi) is 3.37. The van der Waals surface area contributed by atoms with Gasteiger partial charge in [0, 0.05) is 30.1 Å². The van der Waals surface area contributed by atoms with Crippen LogP contribution in [0.3, 0.4) is 0 Å². The number of carbonyl (C=O) groups is 1. The van der Waals surface area contributed by atoms with Crippen LogP contribution in [-0.2, 0) is 6.54 Å². The largest absolute Gasteiger partial charge is 0.477 e. The lowest BCUT2D eigenvalue weighted by atomic mass is 10.1.